The Hall–Kier alpha value is -2.40. The Morgan fingerprint density at radius 1 is 1.16 bits per heavy atom. The molecule has 0 aliphatic heterocycles. The van der Waals surface area contributed by atoms with Gasteiger partial charge in [-0.25, -0.2) is 0 Å². The number of hydrogen-bond donors (Lipinski definition) is 3. The van der Waals surface area contributed by atoms with E-state index in [4.69, 9.17) is 5.11 Å². The molecule has 0 bridgehead atoms. The van der Waals surface area contributed by atoms with Crippen LogP contribution in [0.5, 0.6) is 5.75 Å². The number of aliphatic hydroxyl groups excluding tert-OH is 1. The maximum atomic E-state index is 11.8. The highest BCUT2D eigenvalue weighted by molar-refractivity contribution is 5.96. The van der Waals surface area contributed by atoms with Gasteiger partial charge in [-0.05, 0) is 17.2 Å². The van der Waals surface area contributed by atoms with Crippen molar-refractivity contribution in [1.82, 2.24) is 10.3 Å². The topological polar surface area (TPSA) is 82.5 Å². The number of carbonyl (C=O) groups excluding carboxylic acids is 1. The van der Waals surface area contributed by atoms with Gasteiger partial charge in [0.25, 0.3) is 5.91 Å². The first-order valence-electron chi connectivity index (χ1n) is 5.80. The quantitative estimate of drug-likeness (QED) is 0.769. The molecule has 2 aromatic rings. The molecule has 0 saturated heterocycles. The molecule has 0 aliphatic rings. The smallest absolute Gasteiger partial charge is 0.255 e. The summed E-state index contributed by atoms with van der Waals surface area (Å²) in [5, 5.41) is 21.1. The Morgan fingerprint density at radius 3 is 2.47 bits per heavy atom. The average Bonchev–Trinajstić information content (AvgIpc) is 2.46. The molecule has 5 nitrogen and oxygen atoms in total. The van der Waals surface area contributed by atoms with Crippen molar-refractivity contribution in [2.45, 2.75) is 13.2 Å². The van der Waals surface area contributed by atoms with E-state index in [-0.39, 0.29) is 23.8 Å². The van der Waals surface area contributed by atoms with Crippen LogP contribution in [0.2, 0.25) is 0 Å². The molecule has 1 amide bonds. The second-order valence-corrected chi connectivity index (χ2v) is 4.05. The van der Waals surface area contributed by atoms with Crippen LogP contribution in [0.15, 0.2) is 42.7 Å². The van der Waals surface area contributed by atoms with Gasteiger partial charge < -0.3 is 15.5 Å². The summed E-state index contributed by atoms with van der Waals surface area (Å²) >= 11 is 0. The number of aliphatic hydroxyl groups is 1. The molecule has 1 aromatic carbocycles. The Balaban J connectivity index is 1.98. The molecule has 5 heteroatoms. The summed E-state index contributed by atoms with van der Waals surface area (Å²) in [7, 11) is 0. The molecule has 2 rings (SSSR count). The number of benzene rings is 1. The van der Waals surface area contributed by atoms with Crippen LogP contribution in [0.3, 0.4) is 0 Å². The largest absolute Gasteiger partial charge is 0.505 e. The minimum atomic E-state index is -0.355. The molecular formula is C14H14N2O3. The summed E-state index contributed by atoms with van der Waals surface area (Å²) in [6, 6.07) is 8.72. The molecule has 1 heterocycles. The molecule has 0 fully saturated rings. The molecule has 0 radical (unpaired) electrons. The third kappa shape index (κ3) is 3.29. The molecule has 98 valence electrons. The summed E-state index contributed by atoms with van der Waals surface area (Å²) in [6.07, 6.45) is 2.68. The number of pyridine rings is 1. The third-order valence-corrected chi connectivity index (χ3v) is 2.70. The van der Waals surface area contributed by atoms with Crippen LogP contribution in [0.1, 0.15) is 21.5 Å². The second-order valence-electron chi connectivity index (χ2n) is 4.05. The Morgan fingerprint density at radius 2 is 1.84 bits per heavy atom. The molecule has 0 saturated carbocycles. The number of amides is 1. The Kier molecular flexibility index (Phi) is 4.10. The number of aromatic nitrogens is 1. The summed E-state index contributed by atoms with van der Waals surface area (Å²) < 4.78 is 0. The van der Waals surface area contributed by atoms with E-state index in [1.807, 2.05) is 12.1 Å². The highest BCUT2D eigenvalue weighted by Crippen LogP contribution is 2.13. The third-order valence-electron chi connectivity index (χ3n) is 2.70. The minimum absolute atomic E-state index is 0.00245. The van der Waals surface area contributed by atoms with E-state index < -0.39 is 0 Å². The van der Waals surface area contributed by atoms with Crippen molar-refractivity contribution in [3.63, 3.8) is 0 Å². The normalized spacial score (nSPS) is 10.2. The molecule has 0 aliphatic carbocycles. The van der Waals surface area contributed by atoms with Crippen LogP contribution in [0.4, 0.5) is 0 Å². The van der Waals surface area contributed by atoms with Crippen LogP contribution in [0.25, 0.3) is 0 Å². The Labute approximate surface area is 110 Å². The summed E-state index contributed by atoms with van der Waals surface area (Å²) in [6.45, 7) is 0.351. The lowest BCUT2D eigenvalue weighted by atomic mass is 10.1. The first kappa shape index (κ1) is 13.0. The van der Waals surface area contributed by atoms with Gasteiger partial charge in [0.2, 0.25) is 0 Å². The zero-order valence-corrected chi connectivity index (χ0v) is 10.2. The van der Waals surface area contributed by atoms with Crippen molar-refractivity contribution < 1.29 is 15.0 Å². The minimum Gasteiger partial charge on any atom is -0.505 e. The van der Waals surface area contributed by atoms with Crippen molar-refractivity contribution in [2.75, 3.05) is 0 Å². The molecular weight excluding hydrogens is 244 g/mol. The molecule has 19 heavy (non-hydrogen) atoms. The highest BCUT2D eigenvalue weighted by atomic mass is 16.3. The highest BCUT2D eigenvalue weighted by Gasteiger charge is 2.09. The molecule has 0 atom stereocenters. The van der Waals surface area contributed by atoms with E-state index >= 15 is 0 Å². The van der Waals surface area contributed by atoms with Crippen LogP contribution in [-0.2, 0) is 13.2 Å². The Bertz CT molecular complexity index is 567. The summed E-state index contributed by atoms with van der Waals surface area (Å²) in [5.41, 5.74) is 1.93. The SMILES string of the molecule is O=C(NCc1ccc(CO)cc1)c1ccncc1O. The zero-order valence-electron chi connectivity index (χ0n) is 10.2. The fourth-order valence-corrected chi connectivity index (χ4v) is 1.62. The average molecular weight is 258 g/mol. The van der Waals surface area contributed by atoms with Gasteiger partial charge in [-0.1, -0.05) is 24.3 Å². The fraction of sp³-hybridized carbons (Fsp3) is 0.143. The number of carbonyl (C=O) groups is 1. The van der Waals surface area contributed by atoms with E-state index in [9.17, 15) is 9.90 Å². The fourth-order valence-electron chi connectivity index (χ4n) is 1.62. The zero-order chi connectivity index (χ0) is 13.7. The predicted octanol–water partition coefficient (Wildman–Crippen LogP) is 1.21. The molecule has 1 aromatic heterocycles. The number of nitrogens with one attached hydrogen (secondary N) is 1. The first-order chi connectivity index (χ1) is 9.20. The number of rotatable bonds is 4. The van der Waals surface area contributed by atoms with E-state index in [0.29, 0.717) is 6.54 Å². The molecule has 0 unspecified atom stereocenters. The van der Waals surface area contributed by atoms with Crippen LogP contribution >= 0.6 is 0 Å². The number of hydrogen-bond acceptors (Lipinski definition) is 4. The van der Waals surface area contributed by atoms with E-state index in [1.54, 1.807) is 12.1 Å². The van der Waals surface area contributed by atoms with Crippen molar-refractivity contribution >= 4 is 5.91 Å². The van der Waals surface area contributed by atoms with Gasteiger partial charge in [-0.15, -0.1) is 0 Å². The van der Waals surface area contributed by atoms with Crippen molar-refractivity contribution in [2.24, 2.45) is 0 Å². The monoisotopic (exact) mass is 258 g/mol. The lowest BCUT2D eigenvalue weighted by molar-refractivity contribution is 0.0948. The van der Waals surface area contributed by atoms with Crippen molar-refractivity contribution in [3.05, 3.63) is 59.4 Å². The standard InChI is InChI=1S/C14H14N2O3/c17-9-11-3-1-10(2-4-11)7-16-14(19)12-5-6-15-8-13(12)18/h1-6,8,17-18H,7,9H2,(H,16,19). The number of nitrogens with zero attached hydrogens (tertiary/aromatic N) is 1. The van der Waals surface area contributed by atoms with Crippen LogP contribution < -0.4 is 5.32 Å². The maximum absolute atomic E-state index is 11.8. The van der Waals surface area contributed by atoms with Crippen LogP contribution in [-0.4, -0.2) is 21.1 Å². The first-order valence-corrected chi connectivity index (χ1v) is 5.80. The summed E-state index contributed by atoms with van der Waals surface area (Å²) in [5.74, 6) is -0.498. The van der Waals surface area contributed by atoms with Gasteiger partial charge in [0.05, 0.1) is 18.4 Å². The van der Waals surface area contributed by atoms with Gasteiger partial charge >= 0.3 is 0 Å². The number of aromatic hydroxyl groups is 1. The molecule has 3 N–H and O–H groups in total. The predicted molar refractivity (Wildman–Crippen MR) is 69.4 cm³/mol. The van der Waals surface area contributed by atoms with Crippen molar-refractivity contribution in [3.8, 4) is 5.75 Å². The van der Waals surface area contributed by atoms with E-state index in [2.05, 4.69) is 10.3 Å². The lowest BCUT2D eigenvalue weighted by Gasteiger charge is -2.07. The second kappa shape index (κ2) is 5.97. The van der Waals surface area contributed by atoms with Gasteiger partial charge in [-0.3, -0.25) is 9.78 Å². The van der Waals surface area contributed by atoms with Gasteiger partial charge in [0.1, 0.15) is 5.75 Å². The maximum Gasteiger partial charge on any atom is 0.255 e. The van der Waals surface area contributed by atoms with Crippen molar-refractivity contribution in [1.29, 1.82) is 0 Å². The molecule has 0 spiro atoms. The lowest BCUT2D eigenvalue weighted by Crippen LogP contribution is -2.22. The van der Waals surface area contributed by atoms with Gasteiger partial charge in [0, 0.05) is 12.7 Å². The van der Waals surface area contributed by atoms with Gasteiger partial charge in [-0.2, -0.15) is 0 Å². The van der Waals surface area contributed by atoms with Crippen LogP contribution in [0, 0.1) is 0 Å². The van der Waals surface area contributed by atoms with E-state index in [0.717, 1.165) is 11.1 Å². The van der Waals surface area contributed by atoms with Gasteiger partial charge in [0.15, 0.2) is 0 Å². The van der Waals surface area contributed by atoms with E-state index in [1.165, 1.54) is 18.5 Å². The summed E-state index contributed by atoms with van der Waals surface area (Å²) in [4.78, 5) is 15.5.